The van der Waals surface area contributed by atoms with Crippen LogP contribution in [0.4, 0.5) is 0 Å². The van der Waals surface area contributed by atoms with Crippen molar-refractivity contribution in [2.24, 2.45) is 5.41 Å². The summed E-state index contributed by atoms with van der Waals surface area (Å²) in [7, 11) is 0. The van der Waals surface area contributed by atoms with Gasteiger partial charge in [-0.1, -0.05) is 25.1 Å². The van der Waals surface area contributed by atoms with Crippen LogP contribution < -0.4 is 10.1 Å². The fraction of sp³-hybridized carbons (Fsp3) is 0.400. The Balaban J connectivity index is 1.70. The molecule has 0 spiro atoms. The molecule has 3 atom stereocenters. The number of hydrogen-bond acceptors (Lipinski definition) is 6. The second kappa shape index (κ2) is 7.90. The summed E-state index contributed by atoms with van der Waals surface area (Å²) in [6, 6.07) is 9.23. The van der Waals surface area contributed by atoms with E-state index in [1.165, 1.54) is 13.1 Å². The van der Waals surface area contributed by atoms with E-state index in [2.05, 4.69) is 10.3 Å². The molecule has 1 aliphatic rings. The van der Waals surface area contributed by atoms with Crippen molar-refractivity contribution in [3.8, 4) is 5.75 Å². The van der Waals surface area contributed by atoms with Gasteiger partial charge in [-0.3, -0.25) is 19.4 Å². The molecule has 8 nitrogen and oxygen atoms in total. The Hall–Kier alpha value is -2.81. The van der Waals surface area contributed by atoms with Crippen LogP contribution in [0.1, 0.15) is 26.7 Å². The number of para-hydroxylation sites is 1. The predicted molar refractivity (Wildman–Crippen MR) is 108 cm³/mol. The lowest BCUT2D eigenvalue weighted by molar-refractivity contribution is -0.151. The normalized spacial score (nSPS) is 26.2. The summed E-state index contributed by atoms with van der Waals surface area (Å²) in [5, 5.41) is 21.9. The van der Waals surface area contributed by atoms with Crippen LogP contribution in [-0.2, 0) is 14.4 Å². The molecule has 3 rings (SSSR count). The first-order valence-electron chi connectivity index (χ1n) is 9.12. The van der Waals surface area contributed by atoms with Gasteiger partial charge in [0.15, 0.2) is 6.61 Å². The monoisotopic (exact) mass is 418 g/mol. The summed E-state index contributed by atoms with van der Waals surface area (Å²) in [5.74, 6) is -2.34. The average Bonchev–Trinajstić information content (AvgIpc) is 3.00. The fourth-order valence-electron chi connectivity index (χ4n) is 3.52. The van der Waals surface area contributed by atoms with Gasteiger partial charge in [0.25, 0.3) is 5.91 Å². The van der Waals surface area contributed by atoms with Crippen molar-refractivity contribution in [1.82, 2.24) is 10.3 Å². The van der Waals surface area contributed by atoms with E-state index in [0.717, 1.165) is 22.7 Å². The van der Waals surface area contributed by atoms with Gasteiger partial charge < -0.3 is 20.3 Å². The van der Waals surface area contributed by atoms with Gasteiger partial charge in [0, 0.05) is 5.39 Å². The molecule has 154 valence electrons. The van der Waals surface area contributed by atoms with E-state index in [9.17, 15) is 24.6 Å². The van der Waals surface area contributed by atoms with Crippen LogP contribution >= 0.6 is 11.8 Å². The van der Waals surface area contributed by atoms with E-state index in [-0.39, 0.29) is 19.4 Å². The zero-order chi connectivity index (χ0) is 21.2. The number of pyridine rings is 1. The quantitative estimate of drug-likeness (QED) is 0.626. The van der Waals surface area contributed by atoms with Gasteiger partial charge in [0.05, 0.1) is 22.5 Å². The lowest BCUT2D eigenvalue weighted by Crippen LogP contribution is -2.48. The lowest BCUT2D eigenvalue weighted by atomic mass is 9.77. The van der Waals surface area contributed by atoms with Gasteiger partial charge in [-0.2, -0.15) is 0 Å². The first kappa shape index (κ1) is 20.9. The zero-order valence-electron chi connectivity index (χ0n) is 16.0. The summed E-state index contributed by atoms with van der Waals surface area (Å²) < 4.78 is 4.20. The maximum absolute atomic E-state index is 12.4. The number of carbonyl (C=O) groups is 3. The molecule has 3 unspecified atom stereocenters. The second-order valence-corrected chi connectivity index (χ2v) is 8.85. The molecule has 0 aliphatic carbocycles. The van der Waals surface area contributed by atoms with Gasteiger partial charge in [0.2, 0.25) is 0 Å². The molecule has 1 aromatic carbocycles. The van der Waals surface area contributed by atoms with Crippen molar-refractivity contribution >= 4 is 40.5 Å². The smallest absolute Gasteiger partial charge is 0.319 e. The SMILES string of the molecule is CCC1(C(=O)O)CC(C)(C(=O)O)SC1NC(=O)COc1cnc2ccccc2c1. The Morgan fingerprint density at radius 1 is 1.28 bits per heavy atom. The molecule has 2 aromatic rings. The Morgan fingerprint density at radius 2 is 2.00 bits per heavy atom. The Labute approximate surface area is 171 Å². The third-order valence-electron chi connectivity index (χ3n) is 5.27. The highest BCUT2D eigenvalue weighted by Crippen LogP contribution is 2.54. The maximum atomic E-state index is 12.4. The van der Waals surface area contributed by atoms with Gasteiger partial charge in [-0.05, 0) is 31.9 Å². The number of fused-ring (bicyclic) bond motifs is 1. The number of carboxylic acid groups (broad SMARTS) is 2. The molecule has 1 aliphatic heterocycles. The topological polar surface area (TPSA) is 126 Å². The standard InChI is InChI=1S/C20H22N2O6S/c1-3-20(18(26)27)11-19(2,17(24)25)29-16(20)22-15(23)10-28-13-8-12-6-4-5-7-14(12)21-9-13/h4-9,16H,3,10-11H2,1-2H3,(H,22,23)(H,24,25)(H,26,27). The number of aromatic nitrogens is 1. The van der Waals surface area contributed by atoms with E-state index in [0.29, 0.717) is 5.75 Å². The van der Waals surface area contributed by atoms with E-state index in [1.807, 2.05) is 24.3 Å². The van der Waals surface area contributed by atoms with Crippen LogP contribution in [0.2, 0.25) is 0 Å². The number of hydrogen-bond donors (Lipinski definition) is 3. The minimum Gasteiger partial charge on any atom is -0.482 e. The van der Waals surface area contributed by atoms with Crippen LogP contribution in [0.15, 0.2) is 36.5 Å². The van der Waals surface area contributed by atoms with Crippen molar-refractivity contribution in [2.45, 2.75) is 36.8 Å². The second-order valence-electron chi connectivity index (χ2n) is 7.25. The van der Waals surface area contributed by atoms with Crippen molar-refractivity contribution in [2.75, 3.05) is 6.61 Å². The predicted octanol–water partition coefficient (Wildman–Crippen LogP) is 2.52. The van der Waals surface area contributed by atoms with E-state index in [4.69, 9.17) is 4.74 Å². The molecule has 0 bridgehead atoms. The highest BCUT2D eigenvalue weighted by molar-refractivity contribution is 8.02. The molecule has 3 N–H and O–H groups in total. The van der Waals surface area contributed by atoms with Crippen LogP contribution in [0.5, 0.6) is 5.75 Å². The van der Waals surface area contributed by atoms with E-state index in [1.54, 1.807) is 13.0 Å². The minimum absolute atomic E-state index is 0.0772. The van der Waals surface area contributed by atoms with Crippen molar-refractivity contribution in [1.29, 1.82) is 0 Å². The Bertz CT molecular complexity index is 967. The minimum atomic E-state index is -1.36. The first-order valence-corrected chi connectivity index (χ1v) is 10.00. The largest absolute Gasteiger partial charge is 0.482 e. The number of aliphatic carboxylic acids is 2. The summed E-state index contributed by atoms with van der Waals surface area (Å²) in [6.45, 7) is 2.83. The van der Waals surface area contributed by atoms with E-state index >= 15 is 0 Å². The van der Waals surface area contributed by atoms with Crippen LogP contribution in [-0.4, -0.2) is 49.8 Å². The van der Waals surface area contributed by atoms with Crippen molar-refractivity contribution in [3.05, 3.63) is 36.5 Å². The first-order chi connectivity index (χ1) is 13.7. The molecule has 1 aromatic heterocycles. The maximum Gasteiger partial charge on any atom is 0.319 e. The Kier molecular flexibility index (Phi) is 5.70. The molecule has 1 amide bonds. The highest BCUT2D eigenvalue weighted by atomic mass is 32.2. The van der Waals surface area contributed by atoms with Gasteiger partial charge in [-0.15, -0.1) is 11.8 Å². The van der Waals surface area contributed by atoms with Crippen molar-refractivity contribution < 1.29 is 29.3 Å². The van der Waals surface area contributed by atoms with Crippen LogP contribution in [0, 0.1) is 5.41 Å². The molecule has 0 radical (unpaired) electrons. The highest BCUT2D eigenvalue weighted by Gasteiger charge is 2.60. The number of thioether (sulfide) groups is 1. The number of carbonyl (C=O) groups excluding carboxylic acids is 1. The number of rotatable bonds is 7. The van der Waals surface area contributed by atoms with Crippen LogP contribution in [0.3, 0.4) is 0 Å². The third kappa shape index (κ3) is 4.00. The summed E-state index contributed by atoms with van der Waals surface area (Å²) >= 11 is 0.953. The fourth-order valence-corrected chi connectivity index (χ4v) is 5.25. The summed E-state index contributed by atoms with van der Waals surface area (Å²) in [4.78, 5) is 40.3. The third-order valence-corrected chi connectivity index (χ3v) is 6.91. The number of nitrogens with one attached hydrogen (secondary N) is 1. The number of amides is 1. The van der Waals surface area contributed by atoms with Gasteiger partial charge in [0.1, 0.15) is 10.5 Å². The summed E-state index contributed by atoms with van der Waals surface area (Å²) in [5.41, 5.74) is -0.563. The molecule has 1 saturated heterocycles. The number of nitrogens with zero attached hydrogens (tertiary/aromatic N) is 1. The molecule has 1 fully saturated rings. The number of carboxylic acids is 2. The summed E-state index contributed by atoms with van der Waals surface area (Å²) in [6.07, 6.45) is 1.62. The molecule has 2 heterocycles. The Morgan fingerprint density at radius 3 is 2.66 bits per heavy atom. The van der Waals surface area contributed by atoms with Gasteiger partial charge >= 0.3 is 11.9 Å². The molecule has 29 heavy (non-hydrogen) atoms. The zero-order valence-corrected chi connectivity index (χ0v) is 16.9. The lowest BCUT2D eigenvalue weighted by Gasteiger charge is -2.29. The van der Waals surface area contributed by atoms with E-state index < -0.39 is 33.4 Å². The molecule has 9 heteroatoms. The number of benzene rings is 1. The van der Waals surface area contributed by atoms with Crippen LogP contribution in [0.25, 0.3) is 10.9 Å². The molecular weight excluding hydrogens is 396 g/mol. The molecular formula is C20H22N2O6S. The van der Waals surface area contributed by atoms with Crippen molar-refractivity contribution in [3.63, 3.8) is 0 Å². The number of ether oxygens (including phenoxy) is 1. The average molecular weight is 418 g/mol. The van der Waals surface area contributed by atoms with Gasteiger partial charge in [-0.25, -0.2) is 0 Å². The molecule has 0 saturated carbocycles.